The second kappa shape index (κ2) is 13.3. The highest BCUT2D eigenvalue weighted by Crippen LogP contribution is 2.42. The van der Waals surface area contributed by atoms with Crippen molar-refractivity contribution in [2.24, 2.45) is 5.92 Å². The van der Waals surface area contributed by atoms with E-state index in [1.54, 1.807) is 12.1 Å². The molecule has 0 aliphatic carbocycles. The van der Waals surface area contributed by atoms with Crippen molar-refractivity contribution >= 4 is 0 Å². The Balaban J connectivity index is 1.49. The molecule has 0 radical (unpaired) electrons. The third-order valence-electron chi connectivity index (χ3n) is 6.59. The summed E-state index contributed by atoms with van der Waals surface area (Å²) >= 11 is 0. The van der Waals surface area contributed by atoms with E-state index in [2.05, 4.69) is 9.47 Å². The lowest BCUT2D eigenvalue weighted by molar-refractivity contribution is -0.432. The van der Waals surface area contributed by atoms with Gasteiger partial charge in [-0.05, 0) is 43.0 Å². The Morgan fingerprint density at radius 2 is 1.24 bits per heavy atom. The van der Waals surface area contributed by atoms with Gasteiger partial charge in [0.1, 0.15) is 40.1 Å². The van der Waals surface area contributed by atoms with Crippen LogP contribution in [0.15, 0.2) is 60.7 Å². The maximum Gasteiger partial charge on any atom is 0.527 e. The fraction of sp³-hybridized carbons (Fsp3) is 0.333. The molecule has 0 spiro atoms. The number of halogens is 11. The van der Waals surface area contributed by atoms with Gasteiger partial charge in [0.2, 0.25) is 0 Å². The molecule has 244 valence electrons. The van der Waals surface area contributed by atoms with Gasteiger partial charge < -0.3 is 14.2 Å². The van der Waals surface area contributed by atoms with E-state index in [-0.39, 0.29) is 29.2 Å². The molecule has 45 heavy (non-hydrogen) atoms. The molecule has 0 saturated carbocycles. The van der Waals surface area contributed by atoms with Gasteiger partial charge in [-0.1, -0.05) is 36.4 Å². The number of hydrogen-bond acceptors (Lipinski definition) is 4. The summed E-state index contributed by atoms with van der Waals surface area (Å²) in [4.78, 5) is 0. The number of rotatable bonds is 10. The molecular formula is C30H23F11O4. The Morgan fingerprint density at radius 1 is 0.733 bits per heavy atom. The van der Waals surface area contributed by atoms with Crippen LogP contribution < -0.4 is 4.74 Å². The summed E-state index contributed by atoms with van der Waals surface area (Å²) < 4.78 is 169. The summed E-state index contributed by atoms with van der Waals surface area (Å²) in [6.45, 7) is 2.84. The van der Waals surface area contributed by atoms with Gasteiger partial charge in [0.25, 0.3) is 0 Å². The van der Waals surface area contributed by atoms with Crippen LogP contribution in [0.2, 0.25) is 0 Å². The van der Waals surface area contributed by atoms with E-state index >= 15 is 0 Å². The molecule has 1 heterocycles. The van der Waals surface area contributed by atoms with Gasteiger partial charge in [0.05, 0.1) is 13.2 Å². The van der Waals surface area contributed by atoms with Crippen molar-refractivity contribution in [3.8, 4) is 16.9 Å². The third-order valence-corrected chi connectivity index (χ3v) is 6.59. The lowest BCUT2D eigenvalue weighted by Gasteiger charge is -2.29. The topological polar surface area (TPSA) is 36.9 Å². The van der Waals surface area contributed by atoms with Crippen molar-refractivity contribution < 1.29 is 67.2 Å². The normalized spacial score (nSPS) is 18.0. The number of hydrogen-bond donors (Lipinski definition) is 0. The van der Waals surface area contributed by atoms with Crippen LogP contribution in [-0.2, 0) is 26.4 Å². The Bertz CT molecular complexity index is 1470. The predicted molar refractivity (Wildman–Crippen MR) is 136 cm³/mol. The number of allylic oxidation sites excluding steroid dienone is 2. The minimum absolute atomic E-state index is 0.182. The molecule has 0 bridgehead atoms. The fourth-order valence-electron chi connectivity index (χ4n) is 4.53. The minimum atomic E-state index is -6.03. The first-order chi connectivity index (χ1) is 21.0. The van der Waals surface area contributed by atoms with Crippen molar-refractivity contribution in [3.63, 3.8) is 0 Å². The van der Waals surface area contributed by atoms with Crippen molar-refractivity contribution in [1.29, 1.82) is 0 Å². The van der Waals surface area contributed by atoms with Crippen molar-refractivity contribution in [2.75, 3.05) is 13.2 Å². The summed E-state index contributed by atoms with van der Waals surface area (Å²) in [5.74, 6) is -9.99. The maximum absolute atomic E-state index is 14.8. The maximum atomic E-state index is 14.8. The van der Waals surface area contributed by atoms with E-state index in [4.69, 9.17) is 9.47 Å². The summed E-state index contributed by atoms with van der Waals surface area (Å²) in [5, 5.41) is 0. The van der Waals surface area contributed by atoms with E-state index in [9.17, 15) is 48.3 Å². The smallest absolute Gasteiger partial charge is 0.429 e. The summed E-state index contributed by atoms with van der Waals surface area (Å²) in [6, 6.07) is 6.40. The molecule has 0 N–H and O–H groups in total. The zero-order chi connectivity index (χ0) is 33.2. The van der Waals surface area contributed by atoms with Gasteiger partial charge in [0, 0.05) is 23.6 Å². The van der Waals surface area contributed by atoms with Crippen LogP contribution in [0.5, 0.6) is 5.75 Å². The van der Waals surface area contributed by atoms with Crippen LogP contribution in [0.4, 0.5) is 48.3 Å². The SMILES string of the molecule is C/C=C/CCC1COC(c2ccc(-c3cc(F)c(C(F)(F)Oc4cc(F)c(C(F)(F)OC(F)(F)F)c(F)c4)c(F)c3)cc2)OC1. The monoisotopic (exact) mass is 656 g/mol. The van der Waals surface area contributed by atoms with Crippen molar-refractivity contribution in [1.82, 2.24) is 0 Å². The summed E-state index contributed by atoms with van der Waals surface area (Å²) in [7, 11) is 0. The van der Waals surface area contributed by atoms with Gasteiger partial charge in [-0.3, -0.25) is 0 Å². The lowest BCUT2D eigenvalue weighted by Crippen LogP contribution is -2.30. The second-order valence-electron chi connectivity index (χ2n) is 9.89. The molecular weight excluding hydrogens is 633 g/mol. The molecule has 0 unspecified atom stereocenters. The molecule has 1 fully saturated rings. The van der Waals surface area contributed by atoms with E-state index in [1.807, 2.05) is 19.1 Å². The lowest BCUT2D eigenvalue weighted by atomic mass is 10.0. The van der Waals surface area contributed by atoms with Crippen LogP contribution in [0, 0.1) is 29.2 Å². The molecule has 0 aromatic heterocycles. The van der Waals surface area contributed by atoms with E-state index in [0.717, 1.165) is 12.8 Å². The van der Waals surface area contributed by atoms with E-state index < -0.39 is 65.0 Å². The molecule has 1 aliphatic heterocycles. The number of alkyl halides is 7. The fourth-order valence-corrected chi connectivity index (χ4v) is 4.53. The highest BCUT2D eigenvalue weighted by molar-refractivity contribution is 5.64. The number of benzene rings is 3. The molecule has 3 aromatic carbocycles. The van der Waals surface area contributed by atoms with Crippen LogP contribution in [0.1, 0.15) is 42.7 Å². The van der Waals surface area contributed by atoms with Crippen LogP contribution >= 0.6 is 0 Å². The highest BCUT2D eigenvalue weighted by Gasteiger charge is 2.50. The van der Waals surface area contributed by atoms with E-state index in [1.165, 1.54) is 12.1 Å². The van der Waals surface area contributed by atoms with Gasteiger partial charge in [0.15, 0.2) is 6.29 Å². The zero-order valence-electron chi connectivity index (χ0n) is 23.0. The van der Waals surface area contributed by atoms with E-state index in [0.29, 0.717) is 30.9 Å². The highest BCUT2D eigenvalue weighted by atomic mass is 19.4. The first kappa shape index (κ1) is 34.2. The quantitative estimate of drug-likeness (QED) is 0.161. The summed E-state index contributed by atoms with van der Waals surface area (Å²) in [5.41, 5.74) is -3.94. The van der Waals surface area contributed by atoms with Crippen LogP contribution in [0.25, 0.3) is 11.1 Å². The third kappa shape index (κ3) is 8.32. The van der Waals surface area contributed by atoms with Gasteiger partial charge in [-0.25, -0.2) is 22.3 Å². The van der Waals surface area contributed by atoms with Gasteiger partial charge >= 0.3 is 18.6 Å². The Labute approximate surface area is 249 Å². The standard InChI is InChI=1S/C30H23F11O4/c1-2-3-4-5-16-14-42-27(43-15-16)18-8-6-17(7-9-18)19-10-21(31)25(22(32)11-19)28(35,36)44-20-12-23(33)26(24(34)13-20)29(37,38)45-30(39,40)41/h2-3,6-13,16,27H,4-5,14-15H2,1H3/b3-2+. The first-order valence-corrected chi connectivity index (χ1v) is 13.2. The van der Waals surface area contributed by atoms with Crippen LogP contribution in [-0.4, -0.2) is 19.6 Å². The molecule has 3 aromatic rings. The predicted octanol–water partition coefficient (Wildman–Crippen LogP) is 9.64. The van der Waals surface area contributed by atoms with Gasteiger partial charge in [-0.15, -0.1) is 13.2 Å². The van der Waals surface area contributed by atoms with Crippen molar-refractivity contribution in [2.45, 2.75) is 44.6 Å². The Morgan fingerprint density at radius 3 is 1.76 bits per heavy atom. The molecule has 0 atom stereocenters. The second-order valence-corrected chi connectivity index (χ2v) is 9.89. The molecule has 4 rings (SSSR count). The Kier molecular flexibility index (Phi) is 10.1. The average molecular weight is 656 g/mol. The minimum Gasteiger partial charge on any atom is -0.429 e. The number of ether oxygens (including phenoxy) is 4. The molecule has 1 aliphatic rings. The van der Waals surface area contributed by atoms with Crippen LogP contribution in [0.3, 0.4) is 0 Å². The molecule has 15 heteroatoms. The Hall–Kier alpha value is -3.69. The average Bonchev–Trinajstić information content (AvgIpc) is 2.91. The molecule has 0 amide bonds. The zero-order valence-corrected chi connectivity index (χ0v) is 23.0. The largest absolute Gasteiger partial charge is 0.527 e. The van der Waals surface area contributed by atoms with Gasteiger partial charge in [-0.2, -0.15) is 17.6 Å². The molecule has 4 nitrogen and oxygen atoms in total. The molecule has 1 saturated heterocycles. The first-order valence-electron chi connectivity index (χ1n) is 13.2. The summed E-state index contributed by atoms with van der Waals surface area (Å²) in [6.07, 6.45) is -11.5. The van der Waals surface area contributed by atoms with Crippen molar-refractivity contribution in [3.05, 3.63) is 101 Å².